The number of carbonyl (C=O) groups excluding carboxylic acids is 2. The Morgan fingerprint density at radius 2 is 1.74 bits per heavy atom. The summed E-state index contributed by atoms with van der Waals surface area (Å²) in [4.78, 5) is 31.5. The Kier molecular flexibility index (Phi) is 5.65. The Morgan fingerprint density at radius 1 is 1.00 bits per heavy atom. The summed E-state index contributed by atoms with van der Waals surface area (Å²) >= 11 is 0. The minimum absolute atomic E-state index is 0.0102. The van der Waals surface area contributed by atoms with Crippen LogP contribution in [0.5, 0.6) is 5.75 Å². The molecule has 6 heteroatoms. The molecular formula is C29H26N2O4. The summed E-state index contributed by atoms with van der Waals surface area (Å²) in [5.41, 5.74) is 3.67. The van der Waals surface area contributed by atoms with Crippen molar-refractivity contribution >= 4 is 34.0 Å². The number of carbonyl (C=O) groups is 2. The van der Waals surface area contributed by atoms with Crippen LogP contribution in [-0.2, 0) is 9.59 Å². The number of aliphatic hydroxyl groups is 1. The van der Waals surface area contributed by atoms with Gasteiger partial charge in [0.15, 0.2) is 0 Å². The first-order valence-electron chi connectivity index (χ1n) is 11.6. The topological polar surface area (TPSA) is 82.6 Å². The van der Waals surface area contributed by atoms with Crippen molar-refractivity contribution in [3.8, 4) is 5.75 Å². The average Bonchev–Trinajstić information content (AvgIpc) is 3.37. The number of Topliss-reactive ketones (excluding diaryl/α,β-unsaturated/α-hetero) is 1. The third-order valence-electron chi connectivity index (χ3n) is 6.14. The van der Waals surface area contributed by atoms with Gasteiger partial charge in [-0.15, -0.1) is 0 Å². The standard InChI is InChI=1S/C29H26N2O4/c1-17(2)35-21-13-11-19(12-14-21)27(32)25-26(23-16-30-24-10-5-4-9-22(23)24)31(29(34)28(25)33)20-8-6-7-18(3)15-20/h4-17,26,30,32H,1-3H3/b27-25+. The van der Waals surface area contributed by atoms with Crippen LogP contribution in [0.2, 0.25) is 0 Å². The molecule has 0 spiro atoms. The zero-order valence-corrected chi connectivity index (χ0v) is 19.8. The quantitative estimate of drug-likeness (QED) is 0.218. The summed E-state index contributed by atoms with van der Waals surface area (Å²) in [6.07, 6.45) is 1.81. The molecule has 6 nitrogen and oxygen atoms in total. The number of rotatable bonds is 5. The fraction of sp³-hybridized carbons (Fsp3) is 0.172. The number of benzene rings is 3. The predicted molar refractivity (Wildman–Crippen MR) is 136 cm³/mol. The molecule has 1 amide bonds. The fourth-order valence-electron chi connectivity index (χ4n) is 4.61. The molecule has 35 heavy (non-hydrogen) atoms. The average molecular weight is 467 g/mol. The van der Waals surface area contributed by atoms with Crippen molar-refractivity contribution in [3.63, 3.8) is 0 Å². The van der Waals surface area contributed by atoms with E-state index in [4.69, 9.17) is 4.74 Å². The second kappa shape index (κ2) is 8.80. The van der Waals surface area contributed by atoms with E-state index in [1.54, 1.807) is 36.5 Å². The van der Waals surface area contributed by atoms with Gasteiger partial charge in [-0.2, -0.15) is 0 Å². The first kappa shape index (κ1) is 22.5. The summed E-state index contributed by atoms with van der Waals surface area (Å²) in [6.45, 7) is 5.80. The molecule has 0 aliphatic carbocycles. The second-order valence-electron chi connectivity index (χ2n) is 8.99. The number of hydrogen-bond acceptors (Lipinski definition) is 4. The van der Waals surface area contributed by atoms with E-state index in [0.29, 0.717) is 17.0 Å². The summed E-state index contributed by atoms with van der Waals surface area (Å²) in [6, 6.07) is 21.2. The summed E-state index contributed by atoms with van der Waals surface area (Å²) in [5.74, 6) is -0.955. The lowest BCUT2D eigenvalue weighted by Crippen LogP contribution is -2.29. The third kappa shape index (κ3) is 3.97. The third-order valence-corrected chi connectivity index (χ3v) is 6.14. The first-order valence-corrected chi connectivity index (χ1v) is 11.6. The lowest BCUT2D eigenvalue weighted by Gasteiger charge is -2.25. The number of fused-ring (bicyclic) bond motifs is 1. The molecule has 1 aliphatic rings. The Labute approximate surface area is 203 Å². The molecule has 3 aromatic carbocycles. The number of H-pyrrole nitrogens is 1. The maximum absolute atomic E-state index is 13.4. The summed E-state index contributed by atoms with van der Waals surface area (Å²) in [5, 5.41) is 12.2. The van der Waals surface area contributed by atoms with E-state index < -0.39 is 17.7 Å². The van der Waals surface area contributed by atoms with Crippen LogP contribution in [0.4, 0.5) is 5.69 Å². The molecule has 176 valence electrons. The van der Waals surface area contributed by atoms with E-state index in [1.807, 2.05) is 63.2 Å². The van der Waals surface area contributed by atoms with Crippen LogP contribution in [0.25, 0.3) is 16.7 Å². The van der Waals surface area contributed by atoms with Crippen LogP contribution in [0, 0.1) is 6.92 Å². The maximum Gasteiger partial charge on any atom is 0.300 e. The van der Waals surface area contributed by atoms with Crippen LogP contribution < -0.4 is 9.64 Å². The summed E-state index contributed by atoms with van der Waals surface area (Å²) < 4.78 is 5.70. The van der Waals surface area contributed by atoms with Gasteiger partial charge in [-0.25, -0.2) is 0 Å². The molecule has 1 aromatic heterocycles. The van der Waals surface area contributed by atoms with Gasteiger partial charge in [0.1, 0.15) is 11.5 Å². The number of para-hydroxylation sites is 1. The number of aryl methyl sites for hydroxylation is 1. The number of amides is 1. The largest absolute Gasteiger partial charge is 0.507 e. The number of ether oxygens (including phenoxy) is 1. The second-order valence-corrected chi connectivity index (χ2v) is 8.99. The van der Waals surface area contributed by atoms with E-state index in [9.17, 15) is 14.7 Å². The van der Waals surface area contributed by atoms with E-state index in [0.717, 1.165) is 22.0 Å². The molecule has 2 N–H and O–H groups in total. The van der Waals surface area contributed by atoms with Crippen LogP contribution in [0.15, 0.2) is 84.6 Å². The molecule has 0 saturated carbocycles. The van der Waals surface area contributed by atoms with Gasteiger partial charge in [-0.3, -0.25) is 14.5 Å². The highest BCUT2D eigenvalue weighted by atomic mass is 16.5. The highest BCUT2D eigenvalue weighted by molar-refractivity contribution is 6.51. The number of nitrogens with one attached hydrogen (secondary N) is 1. The smallest absolute Gasteiger partial charge is 0.300 e. The van der Waals surface area contributed by atoms with Crippen LogP contribution >= 0.6 is 0 Å². The fourth-order valence-corrected chi connectivity index (χ4v) is 4.61. The molecule has 1 unspecified atom stereocenters. The zero-order chi connectivity index (χ0) is 24.7. The molecule has 1 aliphatic heterocycles. The van der Waals surface area contributed by atoms with Gasteiger partial charge in [0.2, 0.25) is 0 Å². The minimum Gasteiger partial charge on any atom is -0.507 e. The predicted octanol–water partition coefficient (Wildman–Crippen LogP) is 5.89. The SMILES string of the molecule is Cc1cccc(N2C(=O)C(=O)/C(=C(/O)c3ccc(OC(C)C)cc3)C2c2c[nH]c3ccccc23)c1. The lowest BCUT2D eigenvalue weighted by molar-refractivity contribution is -0.132. The minimum atomic E-state index is -0.792. The van der Waals surface area contributed by atoms with Crippen LogP contribution in [0.1, 0.15) is 36.6 Å². The molecule has 4 aromatic rings. The molecule has 2 heterocycles. The van der Waals surface area contributed by atoms with Gasteiger partial charge in [0.05, 0.1) is 17.7 Å². The van der Waals surface area contributed by atoms with E-state index >= 15 is 0 Å². The normalized spacial score (nSPS) is 17.5. The highest BCUT2D eigenvalue weighted by Crippen LogP contribution is 2.44. The van der Waals surface area contributed by atoms with Gasteiger partial charge >= 0.3 is 0 Å². The van der Waals surface area contributed by atoms with Crippen molar-refractivity contribution in [1.82, 2.24) is 4.98 Å². The summed E-state index contributed by atoms with van der Waals surface area (Å²) in [7, 11) is 0. The van der Waals surface area contributed by atoms with Gasteiger partial charge in [-0.1, -0.05) is 30.3 Å². The van der Waals surface area contributed by atoms with Gasteiger partial charge in [0, 0.05) is 33.9 Å². The van der Waals surface area contributed by atoms with E-state index in [2.05, 4.69) is 4.98 Å². The molecular weight excluding hydrogens is 440 g/mol. The molecule has 1 saturated heterocycles. The Hall–Kier alpha value is -4.32. The molecule has 1 fully saturated rings. The number of aromatic amines is 1. The van der Waals surface area contributed by atoms with Gasteiger partial charge < -0.3 is 14.8 Å². The van der Waals surface area contributed by atoms with Crippen molar-refractivity contribution in [1.29, 1.82) is 0 Å². The Morgan fingerprint density at radius 3 is 2.46 bits per heavy atom. The number of ketones is 1. The maximum atomic E-state index is 13.4. The molecule has 0 radical (unpaired) electrons. The van der Waals surface area contributed by atoms with E-state index in [1.165, 1.54) is 4.90 Å². The van der Waals surface area contributed by atoms with Crippen LogP contribution in [-0.4, -0.2) is 27.9 Å². The number of hydrogen-bond donors (Lipinski definition) is 2. The molecule has 0 bridgehead atoms. The van der Waals surface area contributed by atoms with Crippen molar-refractivity contribution < 1.29 is 19.4 Å². The van der Waals surface area contributed by atoms with Gasteiger partial charge in [-0.05, 0) is 68.8 Å². The van der Waals surface area contributed by atoms with Crippen LogP contribution in [0.3, 0.4) is 0 Å². The van der Waals surface area contributed by atoms with Crippen molar-refractivity contribution in [3.05, 3.63) is 101 Å². The Bertz CT molecular complexity index is 1460. The zero-order valence-electron chi connectivity index (χ0n) is 19.8. The molecule has 1 atom stereocenters. The lowest BCUT2D eigenvalue weighted by atomic mass is 9.94. The number of aromatic nitrogens is 1. The Balaban J connectivity index is 1.70. The number of anilines is 1. The highest BCUT2D eigenvalue weighted by Gasteiger charge is 2.47. The number of aliphatic hydroxyl groups excluding tert-OH is 1. The monoisotopic (exact) mass is 466 g/mol. The van der Waals surface area contributed by atoms with Gasteiger partial charge in [0.25, 0.3) is 11.7 Å². The van der Waals surface area contributed by atoms with E-state index in [-0.39, 0.29) is 17.4 Å². The molecule has 5 rings (SSSR count). The van der Waals surface area contributed by atoms with Crippen molar-refractivity contribution in [2.24, 2.45) is 0 Å². The number of nitrogens with zero attached hydrogens (tertiary/aromatic N) is 1. The van der Waals surface area contributed by atoms with Crippen molar-refractivity contribution in [2.45, 2.75) is 32.9 Å². The van der Waals surface area contributed by atoms with Crippen molar-refractivity contribution in [2.75, 3.05) is 4.90 Å². The first-order chi connectivity index (χ1) is 16.8.